The zero-order valence-corrected chi connectivity index (χ0v) is 13.7. The van der Waals surface area contributed by atoms with Crippen LogP contribution in [0.2, 0.25) is 0 Å². The lowest BCUT2D eigenvalue weighted by Gasteiger charge is -2.11. The van der Waals surface area contributed by atoms with E-state index in [1.54, 1.807) is 0 Å². The van der Waals surface area contributed by atoms with Crippen LogP contribution in [0.1, 0.15) is 40.0 Å². The van der Waals surface area contributed by atoms with Crippen LogP contribution in [0.25, 0.3) is 0 Å². The molecule has 0 radical (unpaired) electrons. The molecule has 0 spiro atoms. The number of hydrogen-bond donors (Lipinski definition) is 3. The molecular formula is C14H32N6. The molecule has 0 aromatic rings. The van der Waals surface area contributed by atoms with Gasteiger partial charge in [-0.3, -0.25) is 15.3 Å². The molecule has 6 heteroatoms. The minimum Gasteiger partial charge on any atom is -0.370 e. The Kier molecular flexibility index (Phi) is 9.80. The molecule has 0 aliphatic rings. The zero-order valence-electron chi connectivity index (χ0n) is 13.7. The smallest absolute Gasteiger partial charge is 0.195 e. The Balaban J connectivity index is 4.03. The van der Waals surface area contributed by atoms with Gasteiger partial charge in [-0.25, -0.2) is 0 Å². The number of aliphatic imine (C=N–C) groups is 2. The van der Waals surface area contributed by atoms with Gasteiger partial charge in [0, 0.05) is 6.54 Å². The Hall–Kier alpha value is -1.30. The third-order valence-electron chi connectivity index (χ3n) is 2.82. The van der Waals surface area contributed by atoms with Gasteiger partial charge in [-0.15, -0.1) is 0 Å². The Morgan fingerprint density at radius 2 is 1.75 bits per heavy atom. The summed E-state index contributed by atoms with van der Waals surface area (Å²) in [5, 5.41) is 2.83. The van der Waals surface area contributed by atoms with Gasteiger partial charge in [0.25, 0.3) is 0 Å². The molecule has 20 heavy (non-hydrogen) atoms. The third-order valence-corrected chi connectivity index (χ3v) is 2.82. The summed E-state index contributed by atoms with van der Waals surface area (Å²) >= 11 is 0. The molecule has 6 nitrogen and oxygen atoms in total. The van der Waals surface area contributed by atoms with Crippen molar-refractivity contribution in [1.29, 1.82) is 0 Å². The van der Waals surface area contributed by atoms with Crippen LogP contribution in [0.4, 0.5) is 0 Å². The lowest BCUT2D eigenvalue weighted by atomic mass is 10.1. The largest absolute Gasteiger partial charge is 0.370 e. The molecule has 0 rings (SSSR count). The van der Waals surface area contributed by atoms with E-state index in [9.17, 15) is 0 Å². The molecule has 1 atom stereocenters. The number of nitrogens with two attached hydrogens (primary N) is 2. The van der Waals surface area contributed by atoms with Crippen LogP contribution in [0, 0.1) is 5.92 Å². The maximum atomic E-state index is 5.80. The molecule has 0 saturated carbocycles. The molecule has 0 aromatic carbocycles. The SMILES string of the molecule is CC(C)CCC(C)N=C(N)NC(N)=NCCCN(C)C. The first-order chi connectivity index (χ1) is 9.31. The average Bonchev–Trinajstić information content (AvgIpc) is 2.31. The molecule has 0 aliphatic heterocycles. The topological polar surface area (TPSA) is 92.0 Å². The average molecular weight is 284 g/mol. The van der Waals surface area contributed by atoms with Crippen LogP contribution in [0.5, 0.6) is 0 Å². The zero-order chi connectivity index (χ0) is 15.5. The fourth-order valence-corrected chi connectivity index (χ4v) is 1.67. The standard InChI is InChI=1S/C14H32N6/c1-11(2)7-8-12(3)18-14(16)19-13(15)17-9-6-10-20(4)5/h11-12H,6-10H2,1-5H3,(H5,15,16,17,18,19). The molecule has 0 fully saturated rings. The van der Waals surface area contributed by atoms with E-state index in [-0.39, 0.29) is 6.04 Å². The number of nitrogens with one attached hydrogen (secondary N) is 1. The van der Waals surface area contributed by atoms with Crippen molar-refractivity contribution in [1.82, 2.24) is 10.2 Å². The number of hydrogen-bond acceptors (Lipinski definition) is 3. The Morgan fingerprint density at radius 1 is 1.10 bits per heavy atom. The van der Waals surface area contributed by atoms with Gasteiger partial charge in [0.1, 0.15) is 0 Å². The van der Waals surface area contributed by atoms with Crippen LogP contribution >= 0.6 is 0 Å². The molecule has 0 saturated heterocycles. The van der Waals surface area contributed by atoms with Crippen molar-refractivity contribution in [2.24, 2.45) is 27.4 Å². The second-order valence-electron chi connectivity index (χ2n) is 5.88. The molecule has 5 N–H and O–H groups in total. The van der Waals surface area contributed by atoms with E-state index >= 15 is 0 Å². The molecule has 0 aromatic heterocycles. The first kappa shape index (κ1) is 18.7. The monoisotopic (exact) mass is 284 g/mol. The highest BCUT2D eigenvalue weighted by Crippen LogP contribution is 2.08. The van der Waals surface area contributed by atoms with Crippen LogP contribution < -0.4 is 16.8 Å². The van der Waals surface area contributed by atoms with Gasteiger partial charge < -0.3 is 16.4 Å². The highest BCUT2D eigenvalue weighted by atomic mass is 15.2. The Labute approximate surface area is 123 Å². The van der Waals surface area contributed by atoms with Gasteiger partial charge >= 0.3 is 0 Å². The van der Waals surface area contributed by atoms with Crippen molar-refractivity contribution in [3.8, 4) is 0 Å². The molecule has 0 bridgehead atoms. The molecule has 0 amide bonds. The highest BCUT2D eigenvalue weighted by Gasteiger charge is 2.03. The number of rotatable bonds is 8. The van der Waals surface area contributed by atoms with Crippen molar-refractivity contribution >= 4 is 11.9 Å². The maximum absolute atomic E-state index is 5.80. The number of nitrogens with zero attached hydrogens (tertiary/aromatic N) is 3. The van der Waals surface area contributed by atoms with Crippen molar-refractivity contribution in [3.05, 3.63) is 0 Å². The van der Waals surface area contributed by atoms with E-state index in [0.29, 0.717) is 24.4 Å². The van der Waals surface area contributed by atoms with E-state index in [0.717, 1.165) is 25.8 Å². The van der Waals surface area contributed by atoms with Gasteiger partial charge in [0.05, 0.1) is 6.04 Å². The summed E-state index contributed by atoms with van der Waals surface area (Å²) in [5.74, 6) is 1.36. The van der Waals surface area contributed by atoms with E-state index < -0.39 is 0 Å². The van der Waals surface area contributed by atoms with E-state index in [1.807, 2.05) is 14.1 Å². The van der Waals surface area contributed by atoms with Gasteiger partial charge in [0.15, 0.2) is 11.9 Å². The lowest BCUT2D eigenvalue weighted by Crippen LogP contribution is -2.42. The normalized spacial score (nSPS) is 14.9. The van der Waals surface area contributed by atoms with Crippen molar-refractivity contribution in [3.63, 3.8) is 0 Å². The van der Waals surface area contributed by atoms with Gasteiger partial charge in [-0.1, -0.05) is 13.8 Å². The van der Waals surface area contributed by atoms with E-state index in [4.69, 9.17) is 11.5 Å². The summed E-state index contributed by atoms with van der Waals surface area (Å²) in [6, 6.07) is 0.200. The van der Waals surface area contributed by atoms with E-state index in [2.05, 4.69) is 41.0 Å². The summed E-state index contributed by atoms with van der Waals surface area (Å²) in [6.07, 6.45) is 3.14. The van der Waals surface area contributed by atoms with Gasteiger partial charge in [-0.05, 0) is 52.7 Å². The molecular weight excluding hydrogens is 252 g/mol. The van der Waals surface area contributed by atoms with Crippen LogP contribution in [0.3, 0.4) is 0 Å². The summed E-state index contributed by atoms with van der Waals surface area (Å²) in [7, 11) is 4.07. The third kappa shape index (κ3) is 11.8. The van der Waals surface area contributed by atoms with Gasteiger partial charge in [0.2, 0.25) is 0 Å². The van der Waals surface area contributed by atoms with Crippen LogP contribution in [-0.2, 0) is 0 Å². The van der Waals surface area contributed by atoms with E-state index in [1.165, 1.54) is 0 Å². The Bertz CT molecular complexity index is 309. The van der Waals surface area contributed by atoms with Crippen molar-refractivity contribution in [2.45, 2.75) is 46.1 Å². The fraction of sp³-hybridized carbons (Fsp3) is 0.857. The van der Waals surface area contributed by atoms with Crippen LogP contribution in [0.15, 0.2) is 9.98 Å². The van der Waals surface area contributed by atoms with Crippen molar-refractivity contribution < 1.29 is 0 Å². The predicted octanol–water partition coefficient (Wildman–Crippen LogP) is 0.982. The minimum atomic E-state index is 0.200. The number of guanidine groups is 2. The molecule has 0 aliphatic carbocycles. The molecule has 0 heterocycles. The maximum Gasteiger partial charge on any atom is 0.195 e. The second-order valence-corrected chi connectivity index (χ2v) is 5.88. The molecule has 1 unspecified atom stereocenters. The summed E-state index contributed by atoms with van der Waals surface area (Å²) in [4.78, 5) is 10.7. The summed E-state index contributed by atoms with van der Waals surface area (Å²) in [6.45, 7) is 8.15. The summed E-state index contributed by atoms with van der Waals surface area (Å²) < 4.78 is 0. The molecule has 118 valence electrons. The second kappa shape index (κ2) is 10.5. The van der Waals surface area contributed by atoms with Gasteiger partial charge in [-0.2, -0.15) is 0 Å². The summed E-state index contributed by atoms with van der Waals surface area (Å²) in [5.41, 5.74) is 11.6. The van der Waals surface area contributed by atoms with Crippen molar-refractivity contribution in [2.75, 3.05) is 27.2 Å². The first-order valence-corrected chi connectivity index (χ1v) is 7.36. The lowest BCUT2D eigenvalue weighted by molar-refractivity contribution is 0.403. The first-order valence-electron chi connectivity index (χ1n) is 7.36. The quantitative estimate of drug-likeness (QED) is 0.352. The fourth-order valence-electron chi connectivity index (χ4n) is 1.67. The minimum absolute atomic E-state index is 0.200. The predicted molar refractivity (Wildman–Crippen MR) is 88.0 cm³/mol. The highest BCUT2D eigenvalue weighted by molar-refractivity contribution is 5.97. The Morgan fingerprint density at radius 3 is 2.30 bits per heavy atom. The van der Waals surface area contributed by atoms with Crippen LogP contribution in [-0.4, -0.2) is 50.0 Å².